The Balaban J connectivity index is 2.53. The zero-order valence-corrected chi connectivity index (χ0v) is 6.93. The molecular weight excluding hydrogens is 120 g/mol. The number of hydrogen-bond acceptors (Lipinski definition) is 0. The Morgan fingerprint density at radius 3 is 2.50 bits per heavy atom. The van der Waals surface area contributed by atoms with Gasteiger partial charge in [-0.15, -0.1) is 0 Å². The summed E-state index contributed by atoms with van der Waals surface area (Å²) in [4.78, 5) is 0. The van der Waals surface area contributed by atoms with Crippen molar-refractivity contribution < 1.29 is 0 Å². The third-order valence-electron chi connectivity index (χ3n) is 2.24. The van der Waals surface area contributed by atoms with Crippen molar-refractivity contribution in [3.63, 3.8) is 0 Å². The predicted molar refractivity (Wildman–Crippen MR) is 45.8 cm³/mol. The molecule has 0 radical (unpaired) electrons. The third-order valence-corrected chi connectivity index (χ3v) is 2.24. The number of rotatable bonds is 1. The maximum Gasteiger partial charge on any atom is -0.00284 e. The van der Waals surface area contributed by atoms with Crippen molar-refractivity contribution in [2.45, 2.75) is 26.7 Å². The van der Waals surface area contributed by atoms with Gasteiger partial charge in [0.15, 0.2) is 0 Å². The first-order chi connectivity index (χ1) is 4.70. The minimum Gasteiger partial charge on any atom is -0.0995 e. The summed E-state index contributed by atoms with van der Waals surface area (Å²) in [5.74, 6) is 1.45. The van der Waals surface area contributed by atoms with E-state index in [2.05, 4.69) is 32.6 Å². The first kappa shape index (κ1) is 7.59. The van der Waals surface area contributed by atoms with Gasteiger partial charge in [-0.1, -0.05) is 31.2 Å². The molecule has 0 bridgehead atoms. The molecular formula is C10H16. The fourth-order valence-corrected chi connectivity index (χ4v) is 1.37. The Morgan fingerprint density at radius 1 is 1.40 bits per heavy atom. The van der Waals surface area contributed by atoms with Crippen LogP contribution in [0.25, 0.3) is 0 Å². The molecule has 1 aliphatic rings. The van der Waals surface area contributed by atoms with Crippen LogP contribution >= 0.6 is 0 Å². The summed E-state index contributed by atoms with van der Waals surface area (Å²) in [6.07, 6.45) is 7.24. The Kier molecular flexibility index (Phi) is 2.31. The van der Waals surface area contributed by atoms with Crippen LogP contribution in [0, 0.1) is 11.8 Å². The molecule has 0 heteroatoms. The van der Waals surface area contributed by atoms with Crippen molar-refractivity contribution in [1.29, 1.82) is 0 Å². The van der Waals surface area contributed by atoms with Gasteiger partial charge in [-0.25, -0.2) is 0 Å². The predicted octanol–water partition coefficient (Wildman–Crippen LogP) is 3.16. The van der Waals surface area contributed by atoms with Crippen molar-refractivity contribution in [3.05, 3.63) is 24.3 Å². The fraction of sp³-hybridized carbons (Fsp3) is 0.600. The Bertz CT molecular complexity index is 153. The molecule has 0 aromatic carbocycles. The van der Waals surface area contributed by atoms with Gasteiger partial charge in [-0.05, 0) is 31.6 Å². The van der Waals surface area contributed by atoms with E-state index in [1.807, 2.05) is 0 Å². The van der Waals surface area contributed by atoms with Crippen LogP contribution in [-0.4, -0.2) is 0 Å². The zero-order chi connectivity index (χ0) is 7.56. The maximum atomic E-state index is 3.95. The molecule has 0 aromatic heterocycles. The lowest BCUT2D eigenvalue weighted by atomic mass is 9.86. The molecule has 1 aliphatic carbocycles. The van der Waals surface area contributed by atoms with Gasteiger partial charge in [-0.2, -0.15) is 0 Å². The highest BCUT2D eigenvalue weighted by molar-refractivity contribution is 5.10. The molecule has 0 saturated heterocycles. The van der Waals surface area contributed by atoms with Crippen LogP contribution in [0.5, 0.6) is 0 Å². The second-order valence-corrected chi connectivity index (χ2v) is 3.39. The van der Waals surface area contributed by atoms with Gasteiger partial charge in [0.2, 0.25) is 0 Å². The minimum atomic E-state index is 0.663. The van der Waals surface area contributed by atoms with E-state index in [1.54, 1.807) is 0 Å². The normalized spacial score (nSPS) is 32.2. The lowest BCUT2D eigenvalue weighted by Crippen LogP contribution is -2.06. The molecule has 56 valence electrons. The molecule has 2 atom stereocenters. The van der Waals surface area contributed by atoms with E-state index in [1.165, 1.54) is 18.4 Å². The van der Waals surface area contributed by atoms with Crippen molar-refractivity contribution in [1.82, 2.24) is 0 Å². The topological polar surface area (TPSA) is 0 Å². The van der Waals surface area contributed by atoms with Crippen molar-refractivity contribution >= 4 is 0 Å². The minimum absolute atomic E-state index is 0.663. The molecule has 0 fully saturated rings. The van der Waals surface area contributed by atoms with Crippen LogP contribution in [0.4, 0.5) is 0 Å². The second kappa shape index (κ2) is 3.05. The summed E-state index contributed by atoms with van der Waals surface area (Å²) in [6.45, 7) is 8.34. The Hall–Kier alpha value is -0.520. The van der Waals surface area contributed by atoms with Gasteiger partial charge in [0.05, 0.1) is 0 Å². The molecule has 1 unspecified atom stereocenters. The first-order valence-electron chi connectivity index (χ1n) is 4.04. The summed E-state index contributed by atoms with van der Waals surface area (Å²) in [5.41, 5.74) is 1.31. The first-order valence-corrected chi connectivity index (χ1v) is 4.04. The summed E-state index contributed by atoms with van der Waals surface area (Å²) in [7, 11) is 0. The van der Waals surface area contributed by atoms with Gasteiger partial charge in [0.1, 0.15) is 0 Å². The SMILES string of the molecule is C=C(C)C1C=C[C@H](C)CC1. The van der Waals surface area contributed by atoms with E-state index in [-0.39, 0.29) is 0 Å². The standard InChI is InChI=1S/C10H16/c1-8(2)10-6-4-9(3)5-7-10/h4,6,9-10H,1,5,7H2,2-3H3/t9-,10?/m0/s1. The van der Waals surface area contributed by atoms with Gasteiger partial charge in [0.25, 0.3) is 0 Å². The molecule has 0 nitrogen and oxygen atoms in total. The molecule has 1 rings (SSSR count). The third kappa shape index (κ3) is 1.73. The van der Waals surface area contributed by atoms with E-state index in [0.29, 0.717) is 5.92 Å². The number of allylic oxidation sites excluding steroid dienone is 3. The lowest BCUT2D eigenvalue weighted by Gasteiger charge is -2.19. The lowest BCUT2D eigenvalue weighted by molar-refractivity contribution is 0.517. The van der Waals surface area contributed by atoms with E-state index < -0.39 is 0 Å². The molecule has 0 aromatic rings. The molecule has 0 spiro atoms. The van der Waals surface area contributed by atoms with E-state index in [0.717, 1.165) is 5.92 Å². The highest BCUT2D eigenvalue weighted by atomic mass is 14.2. The average Bonchev–Trinajstić information content (AvgIpc) is 1.88. The highest BCUT2D eigenvalue weighted by Crippen LogP contribution is 2.25. The maximum absolute atomic E-state index is 3.95. The van der Waals surface area contributed by atoms with Gasteiger partial charge >= 0.3 is 0 Å². The fourth-order valence-electron chi connectivity index (χ4n) is 1.37. The van der Waals surface area contributed by atoms with Crippen LogP contribution in [0.3, 0.4) is 0 Å². The van der Waals surface area contributed by atoms with Crippen molar-refractivity contribution in [2.24, 2.45) is 11.8 Å². The van der Waals surface area contributed by atoms with E-state index in [4.69, 9.17) is 0 Å². The van der Waals surface area contributed by atoms with E-state index >= 15 is 0 Å². The monoisotopic (exact) mass is 136 g/mol. The van der Waals surface area contributed by atoms with Gasteiger partial charge < -0.3 is 0 Å². The molecule has 0 amide bonds. The number of hydrogen-bond donors (Lipinski definition) is 0. The highest BCUT2D eigenvalue weighted by Gasteiger charge is 2.11. The zero-order valence-electron chi connectivity index (χ0n) is 6.93. The quantitative estimate of drug-likeness (QED) is 0.486. The van der Waals surface area contributed by atoms with Gasteiger partial charge in [0, 0.05) is 0 Å². The van der Waals surface area contributed by atoms with Crippen LogP contribution in [-0.2, 0) is 0 Å². The summed E-state index contributed by atoms with van der Waals surface area (Å²) >= 11 is 0. The van der Waals surface area contributed by atoms with Crippen LogP contribution in [0.2, 0.25) is 0 Å². The summed E-state index contributed by atoms with van der Waals surface area (Å²) in [6, 6.07) is 0. The summed E-state index contributed by atoms with van der Waals surface area (Å²) < 4.78 is 0. The molecule has 0 saturated carbocycles. The largest absolute Gasteiger partial charge is 0.0995 e. The molecule has 0 aliphatic heterocycles. The summed E-state index contributed by atoms with van der Waals surface area (Å²) in [5, 5.41) is 0. The van der Waals surface area contributed by atoms with E-state index in [9.17, 15) is 0 Å². The van der Waals surface area contributed by atoms with Crippen LogP contribution in [0.1, 0.15) is 26.7 Å². The molecule has 0 N–H and O–H groups in total. The van der Waals surface area contributed by atoms with Crippen molar-refractivity contribution in [2.75, 3.05) is 0 Å². The smallest absolute Gasteiger partial charge is 0.00284 e. The molecule has 10 heavy (non-hydrogen) atoms. The molecule has 0 heterocycles. The van der Waals surface area contributed by atoms with Gasteiger partial charge in [-0.3, -0.25) is 0 Å². The second-order valence-electron chi connectivity index (χ2n) is 3.39. The average molecular weight is 136 g/mol. The Morgan fingerprint density at radius 2 is 2.10 bits per heavy atom. The Labute approximate surface area is 63.6 Å². The van der Waals surface area contributed by atoms with Crippen LogP contribution < -0.4 is 0 Å². The van der Waals surface area contributed by atoms with Crippen molar-refractivity contribution in [3.8, 4) is 0 Å². The van der Waals surface area contributed by atoms with Crippen LogP contribution in [0.15, 0.2) is 24.3 Å².